The van der Waals surface area contributed by atoms with Crippen molar-refractivity contribution in [1.29, 1.82) is 0 Å². The minimum absolute atomic E-state index is 0.00388. The van der Waals surface area contributed by atoms with E-state index in [0.717, 1.165) is 12.3 Å². The van der Waals surface area contributed by atoms with Crippen LogP contribution in [0, 0.1) is 5.82 Å². The summed E-state index contributed by atoms with van der Waals surface area (Å²) in [5.41, 5.74) is -0.232. The predicted molar refractivity (Wildman–Crippen MR) is 73.0 cm³/mol. The Kier molecular flexibility index (Phi) is 4.10. The Morgan fingerprint density at radius 3 is 2.75 bits per heavy atom. The highest BCUT2D eigenvalue weighted by Gasteiger charge is 2.20. The van der Waals surface area contributed by atoms with Crippen molar-refractivity contribution in [1.82, 2.24) is 4.98 Å². The van der Waals surface area contributed by atoms with Crippen molar-refractivity contribution >= 4 is 27.3 Å². The van der Waals surface area contributed by atoms with E-state index in [1.807, 2.05) is 0 Å². The van der Waals surface area contributed by atoms with E-state index in [0.29, 0.717) is 5.75 Å². The van der Waals surface area contributed by atoms with Crippen molar-refractivity contribution in [2.45, 2.75) is 4.90 Å². The van der Waals surface area contributed by atoms with E-state index in [-0.39, 0.29) is 15.6 Å². The standard InChI is InChI=1S/C12H10ClFN2O3S/c1-19-8-2-3-10(14)11(6-8)16-20(17,18)12-7-15-5-4-9(12)13/h2-7,16H,1H3. The third-order valence-electron chi connectivity index (χ3n) is 2.44. The van der Waals surface area contributed by atoms with E-state index in [9.17, 15) is 12.8 Å². The van der Waals surface area contributed by atoms with Gasteiger partial charge >= 0.3 is 0 Å². The van der Waals surface area contributed by atoms with Gasteiger partial charge in [-0.25, -0.2) is 12.8 Å². The van der Waals surface area contributed by atoms with Crippen LogP contribution in [0.4, 0.5) is 10.1 Å². The fourth-order valence-electron chi connectivity index (χ4n) is 1.47. The monoisotopic (exact) mass is 316 g/mol. The number of benzene rings is 1. The Morgan fingerprint density at radius 2 is 2.10 bits per heavy atom. The number of methoxy groups -OCH3 is 1. The molecule has 2 aromatic rings. The van der Waals surface area contributed by atoms with Crippen LogP contribution in [0.3, 0.4) is 0 Å². The summed E-state index contributed by atoms with van der Waals surface area (Å²) in [5.74, 6) is -0.407. The molecule has 0 aliphatic heterocycles. The summed E-state index contributed by atoms with van der Waals surface area (Å²) in [6.45, 7) is 0. The molecule has 0 bridgehead atoms. The normalized spacial score (nSPS) is 11.2. The first-order valence-electron chi connectivity index (χ1n) is 5.40. The highest BCUT2D eigenvalue weighted by atomic mass is 35.5. The average molecular weight is 317 g/mol. The van der Waals surface area contributed by atoms with Crippen LogP contribution in [-0.4, -0.2) is 20.5 Å². The zero-order chi connectivity index (χ0) is 14.8. The molecule has 2 rings (SSSR count). The SMILES string of the molecule is COc1ccc(F)c(NS(=O)(=O)c2cnccc2Cl)c1. The maximum atomic E-state index is 13.6. The smallest absolute Gasteiger partial charge is 0.265 e. The quantitative estimate of drug-likeness (QED) is 0.941. The number of nitrogens with zero attached hydrogens (tertiary/aromatic N) is 1. The second-order valence-corrected chi connectivity index (χ2v) is 5.82. The number of ether oxygens (including phenoxy) is 1. The molecule has 0 spiro atoms. The number of hydrogen-bond donors (Lipinski definition) is 1. The Balaban J connectivity index is 2.41. The lowest BCUT2D eigenvalue weighted by molar-refractivity contribution is 0.414. The lowest BCUT2D eigenvalue weighted by Gasteiger charge is -2.10. The third-order valence-corrected chi connectivity index (χ3v) is 4.28. The molecule has 0 aliphatic rings. The molecule has 0 radical (unpaired) electrons. The van der Waals surface area contributed by atoms with Gasteiger partial charge in [-0.2, -0.15) is 0 Å². The van der Waals surface area contributed by atoms with E-state index < -0.39 is 15.8 Å². The Labute approximate surface area is 120 Å². The van der Waals surface area contributed by atoms with E-state index in [1.165, 1.54) is 31.5 Å². The summed E-state index contributed by atoms with van der Waals surface area (Å²) in [7, 11) is -2.64. The maximum Gasteiger partial charge on any atom is 0.265 e. The lowest BCUT2D eigenvalue weighted by Crippen LogP contribution is -2.14. The van der Waals surface area contributed by atoms with Crippen LogP contribution in [0.2, 0.25) is 5.02 Å². The first-order valence-corrected chi connectivity index (χ1v) is 7.26. The number of halogens is 2. The molecule has 0 fully saturated rings. The molecule has 1 aromatic heterocycles. The minimum atomic E-state index is -4.03. The molecule has 1 aromatic carbocycles. The summed E-state index contributed by atoms with van der Waals surface area (Å²) >= 11 is 5.80. The maximum absolute atomic E-state index is 13.6. The average Bonchev–Trinajstić information content (AvgIpc) is 2.41. The zero-order valence-electron chi connectivity index (χ0n) is 10.3. The fourth-order valence-corrected chi connectivity index (χ4v) is 2.96. The molecule has 8 heteroatoms. The number of nitrogens with one attached hydrogen (secondary N) is 1. The van der Waals surface area contributed by atoms with Gasteiger partial charge in [-0.05, 0) is 18.2 Å². The molecule has 0 saturated carbocycles. The molecule has 0 aliphatic carbocycles. The summed E-state index contributed by atoms with van der Waals surface area (Å²) in [6, 6.07) is 5.04. The van der Waals surface area contributed by atoms with Crippen molar-refractivity contribution in [2.75, 3.05) is 11.8 Å². The number of anilines is 1. The molecule has 106 valence electrons. The van der Waals surface area contributed by atoms with E-state index in [4.69, 9.17) is 16.3 Å². The van der Waals surface area contributed by atoms with Gasteiger partial charge in [0.2, 0.25) is 0 Å². The topological polar surface area (TPSA) is 68.3 Å². The molecule has 0 amide bonds. The predicted octanol–water partition coefficient (Wildman–Crippen LogP) is 2.68. The first-order chi connectivity index (χ1) is 9.44. The third kappa shape index (κ3) is 3.00. The van der Waals surface area contributed by atoms with Gasteiger partial charge in [0.1, 0.15) is 16.5 Å². The van der Waals surface area contributed by atoms with Crippen molar-refractivity contribution in [3.63, 3.8) is 0 Å². The Morgan fingerprint density at radius 1 is 1.35 bits per heavy atom. The van der Waals surface area contributed by atoms with Crippen LogP contribution < -0.4 is 9.46 Å². The molecule has 20 heavy (non-hydrogen) atoms. The van der Waals surface area contributed by atoms with Crippen molar-refractivity contribution < 1.29 is 17.5 Å². The van der Waals surface area contributed by atoms with Crippen LogP contribution in [-0.2, 0) is 10.0 Å². The molecule has 1 N–H and O–H groups in total. The Hall–Kier alpha value is -1.86. The summed E-state index contributed by atoms with van der Waals surface area (Å²) in [4.78, 5) is 3.46. The van der Waals surface area contributed by atoms with E-state index >= 15 is 0 Å². The molecular formula is C12H10ClFN2O3S. The molecule has 0 saturated heterocycles. The first kappa shape index (κ1) is 14.5. The van der Waals surface area contributed by atoms with Crippen LogP contribution >= 0.6 is 11.6 Å². The van der Waals surface area contributed by atoms with Gasteiger partial charge in [0.15, 0.2) is 0 Å². The Bertz CT molecular complexity index is 737. The number of sulfonamides is 1. The largest absolute Gasteiger partial charge is 0.497 e. The van der Waals surface area contributed by atoms with Gasteiger partial charge in [-0.1, -0.05) is 11.6 Å². The van der Waals surface area contributed by atoms with Crippen LogP contribution in [0.5, 0.6) is 5.75 Å². The molecule has 1 heterocycles. The summed E-state index contributed by atoms with van der Waals surface area (Å²) < 4.78 is 44.9. The van der Waals surface area contributed by atoms with Gasteiger partial charge < -0.3 is 4.74 Å². The number of rotatable bonds is 4. The number of pyridine rings is 1. The summed E-state index contributed by atoms with van der Waals surface area (Å²) in [5, 5.41) is -0.00388. The highest BCUT2D eigenvalue weighted by molar-refractivity contribution is 7.92. The second kappa shape index (κ2) is 5.64. The zero-order valence-corrected chi connectivity index (χ0v) is 11.9. The van der Waals surface area contributed by atoms with Crippen molar-refractivity contribution in [3.8, 4) is 5.75 Å². The molecule has 0 atom stereocenters. The fraction of sp³-hybridized carbons (Fsp3) is 0.0833. The number of hydrogen-bond acceptors (Lipinski definition) is 4. The van der Waals surface area contributed by atoms with Crippen molar-refractivity contribution in [3.05, 3.63) is 47.5 Å². The van der Waals surface area contributed by atoms with Gasteiger partial charge in [-0.3, -0.25) is 9.71 Å². The molecule has 5 nitrogen and oxygen atoms in total. The van der Waals surface area contributed by atoms with Crippen LogP contribution in [0.15, 0.2) is 41.6 Å². The second-order valence-electron chi connectivity index (χ2n) is 3.76. The highest BCUT2D eigenvalue weighted by Crippen LogP contribution is 2.26. The molecule has 0 unspecified atom stereocenters. The van der Waals surface area contributed by atoms with E-state index in [2.05, 4.69) is 9.71 Å². The van der Waals surface area contributed by atoms with Crippen molar-refractivity contribution in [2.24, 2.45) is 0 Å². The summed E-state index contributed by atoms with van der Waals surface area (Å²) in [6.07, 6.45) is 2.44. The van der Waals surface area contributed by atoms with Crippen LogP contribution in [0.1, 0.15) is 0 Å². The van der Waals surface area contributed by atoms with Crippen LogP contribution in [0.25, 0.3) is 0 Å². The van der Waals surface area contributed by atoms with Gasteiger partial charge in [-0.15, -0.1) is 0 Å². The number of aromatic nitrogens is 1. The van der Waals surface area contributed by atoms with Gasteiger partial charge in [0, 0.05) is 18.5 Å². The van der Waals surface area contributed by atoms with E-state index in [1.54, 1.807) is 0 Å². The van der Waals surface area contributed by atoms with Gasteiger partial charge in [0.25, 0.3) is 10.0 Å². The minimum Gasteiger partial charge on any atom is -0.497 e. The van der Waals surface area contributed by atoms with Gasteiger partial charge in [0.05, 0.1) is 17.8 Å². The lowest BCUT2D eigenvalue weighted by atomic mass is 10.3. The molecular weight excluding hydrogens is 307 g/mol.